The van der Waals surface area contributed by atoms with Crippen LogP contribution in [0.2, 0.25) is 0 Å². The first-order valence-corrected chi connectivity index (χ1v) is 14.8. The number of nitrogens with zero attached hydrogens (tertiary/aromatic N) is 1. The molecular formula is C30H33N3O5S. The SMILES string of the molecule is NC(=O)Cc1cc(-c2ccccc2)cc2c(C3CCN(S(=O)(=O)CCCOc4ccccc4O)CC3)c[nH]c12. The molecule has 0 unspecified atom stereocenters. The molecule has 204 valence electrons. The van der Waals surface area contributed by atoms with Crippen LogP contribution in [-0.2, 0) is 21.2 Å². The fourth-order valence-electron chi connectivity index (χ4n) is 5.37. The Kier molecular flexibility index (Phi) is 7.90. The van der Waals surface area contributed by atoms with E-state index in [9.17, 15) is 18.3 Å². The van der Waals surface area contributed by atoms with E-state index in [0.717, 1.165) is 33.2 Å². The second kappa shape index (κ2) is 11.5. The summed E-state index contributed by atoms with van der Waals surface area (Å²) in [5, 5.41) is 10.8. The van der Waals surface area contributed by atoms with Crippen LogP contribution in [-0.4, -0.2) is 54.2 Å². The molecular weight excluding hydrogens is 514 g/mol. The zero-order chi connectivity index (χ0) is 27.4. The molecule has 9 heteroatoms. The van der Waals surface area contributed by atoms with Gasteiger partial charge in [-0.2, -0.15) is 0 Å². The molecule has 0 aliphatic carbocycles. The first kappa shape index (κ1) is 26.8. The second-order valence-corrected chi connectivity index (χ2v) is 12.1. The minimum Gasteiger partial charge on any atom is -0.504 e. The van der Waals surface area contributed by atoms with E-state index in [1.54, 1.807) is 22.5 Å². The van der Waals surface area contributed by atoms with Crippen LogP contribution in [0, 0.1) is 0 Å². The third kappa shape index (κ3) is 6.10. The molecule has 1 saturated heterocycles. The van der Waals surface area contributed by atoms with Gasteiger partial charge in [-0.25, -0.2) is 12.7 Å². The number of carbonyl (C=O) groups is 1. The predicted molar refractivity (Wildman–Crippen MR) is 152 cm³/mol. The highest BCUT2D eigenvalue weighted by Gasteiger charge is 2.30. The topological polar surface area (TPSA) is 126 Å². The summed E-state index contributed by atoms with van der Waals surface area (Å²) in [7, 11) is -3.41. The number of nitrogens with two attached hydrogens (primary N) is 1. The van der Waals surface area contributed by atoms with Crippen molar-refractivity contribution >= 4 is 26.8 Å². The lowest BCUT2D eigenvalue weighted by Crippen LogP contribution is -2.39. The number of fused-ring (bicyclic) bond motifs is 1. The van der Waals surface area contributed by atoms with Gasteiger partial charge in [-0.05, 0) is 71.7 Å². The number of phenolic OH excluding ortho intramolecular Hbond substituents is 1. The molecule has 1 amide bonds. The summed E-state index contributed by atoms with van der Waals surface area (Å²) in [6.45, 7) is 1.11. The molecule has 1 aliphatic rings. The first-order valence-electron chi connectivity index (χ1n) is 13.2. The average molecular weight is 548 g/mol. The summed E-state index contributed by atoms with van der Waals surface area (Å²) < 4.78 is 33.1. The van der Waals surface area contributed by atoms with Crippen molar-refractivity contribution in [2.24, 2.45) is 5.73 Å². The quantitative estimate of drug-likeness (QED) is 0.251. The normalized spacial score (nSPS) is 15.0. The Bertz CT molecular complexity index is 1560. The van der Waals surface area contributed by atoms with Gasteiger partial charge in [0, 0.05) is 30.2 Å². The van der Waals surface area contributed by atoms with Gasteiger partial charge in [-0.3, -0.25) is 4.79 Å². The van der Waals surface area contributed by atoms with Crippen LogP contribution in [0.1, 0.15) is 36.3 Å². The lowest BCUT2D eigenvalue weighted by Gasteiger charge is -2.31. The van der Waals surface area contributed by atoms with E-state index < -0.39 is 10.0 Å². The van der Waals surface area contributed by atoms with Crippen LogP contribution in [0.5, 0.6) is 11.5 Å². The van der Waals surface area contributed by atoms with Gasteiger partial charge in [-0.1, -0.05) is 42.5 Å². The van der Waals surface area contributed by atoms with Gasteiger partial charge in [0.05, 0.1) is 18.8 Å². The van der Waals surface area contributed by atoms with E-state index in [2.05, 4.69) is 11.1 Å². The minimum atomic E-state index is -3.41. The number of aromatic hydroxyl groups is 1. The number of hydrogen-bond donors (Lipinski definition) is 3. The van der Waals surface area contributed by atoms with Crippen molar-refractivity contribution in [3.8, 4) is 22.6 Å². The third-order valence-electron chi connectivity index (χ3n) is 7.33. The lowest BCUT2D eigenvalue weighted by molar-refractivity contribution is -0.117. The van der Waals surface area contributed by atoms with E-state index in [1.807, 2.05) is 42.6 Å². The summed E-state index contributed by atoms with van der Waals surface area (Å²) in [6, 6.07) is 20.8. The zero-order valence-corrected chi connectivity index (χ0v) is 22.5. The Morgan fingerprint density at radius 2 is 1.74 bits per heavy atom. The molecule has 0 atom stereocenters. The number of hydrogen-bond acceptors (Lipinski definition) is 5. The van der Waals surface area contributed by atoms with E-state index >= 15 is 0 Å². The highest BCUT2D eigenvalue weighted by Crippen LogP contribution is 2.37. The van der Waals surface area contributed by atoms with Crippen molar-refractivity contribution in [1.29, 1.82) is 0 Å². The monoisotopic (exact) mass is 547 g/mol. The van der Waals surface area contributed by atoms with E-state index in [4.69, 9.17) is 10.5 Å². The number of piperidine rings is 1. The van der Waals surface area contributed by atoms with Gasteiger partial charge >= 0.3 is 0 Å². The standard InChI is InChI=1S/C30H33N3O5S/c31-29(35)19-24-17-23(21-7-2-1-3-8-21)18-25-26(20-32-30(24)25)22-11-13-33(14-12-22)39(36,37)16-6-15-38-28-10-5-4-9-27(28)34/h1-5,7-10,17-18,20,22,32,34H,6,11-16,19H2,(H2,31,35). The first-order chi connectivity index (χ1) is 18.8. The van der Waals surface area contributed by atoms with E-state index in [0.29, 0.717) is 38.1 Å². The fourth-order valence-corrected chi connectivity index (χ4v) is 6.87. The van der Waals surface area contributed by atoms with Crippen LogP contribution in [0.25, 0.3) is 22.0 Å². The van der Waals surface area contributed by atoms with Crippen molar-refractivity contribution in [1.82, 2.24) is 9.29 Å². The number of benzene rings is 3. The number of primary amides is 1. The van der Waals surface area contributed by atoms with E-state index in [-0.39, 0.29) is 36.4 Å². The molecule has 0 spiro atoms. The number of nitrogens with one attached hydrogen (secondary N) is 1. The maximum absolute atomic E-state index is 13.0. The smallest absolute Gasteiger partial charge is 0.221 e. The van der Waals surface area contributed by atoms with Crippen molar-refractivity contribution in [3.63, 3.8) is 0 Å². The van der Waals surface area contributed by atoms with Gasteiger partial charge in [0.1, 0.15) is 0 Å². The van der Waals surface area contributed by atoms with Gasteiger partial charge in [-0.15, -0.1) is 0 Å². The number of rotatable bonds is 10. The van der Waals surface area contributed by atoms with Crippen LogP contribution in [0.15, 0.2) is 72.9 Å². The van der Waals surface area contributed by atoms with Crippen LogP contribution in [0.3, 0.4) is 0 Å². The van der Waals surface area contributed by atoms with Crippen LogP contribution < -0.4 is 10.5 Å². The van der Waals surface area contributed by atoms with Gasteiger partial charge < -0.3 is 20.6 Å². The molecule has 3 aromatic carbocycles. The van der Waals surface area contributed by atoms with Crippen molar-refractivity contribution < 1.29 is 23.1 Å². The highest BCUT2D eigenvalue weighted by molar-refractivity contribution is 7.89. The molecule has 39 heavy (non-hydrogen) atoms. The Hall–Kier alpha value is -3.82. The molecule has 8 nitrogen and oxygen atoms in total. The molecule has 4 aromatic rings. The number of H-pyrrole nitrogens is 1. The summed E-state index contributed by atoms with van der Waals surface area (Å²) >= 11 is 0. The Balaban J connectivity index is 1.27. The van der Waals surface area contributed by atoms with Crippen molar-refractivity contribution in [2.45, 2.75) is 31.6 Å². The number of carbonyl (C=O) groups excluding carboxylic acids is 1. The van der Waals surface area contributed by atoms with Gasteiger partial charge in [0.2, 0.25) is 15.9 Å². The predicted octanol–water partition coefficient (Wildman–Crippen LogP) is 4.55. The van der Waals surface area contributed by atoms with Crippen LogP contribution >= 0.6 is 0 Å². The molecule has 1 aromatic heterocycles. The molecule has 1 fully saturated rings. The molecule has 0 radical (unpaired) electrons. The zero-order valence-electron chi connectivity index (χ0n) is 21.7. The van der Waals surface area contributed by atoms with Crippen LogP contribution in [0.4, 0.5) is 0 Å². The van der Waals surface area contributed by atoms with Gasteiger partial charge in [0.15, 0.2) is 11.5 Å². The number of para-hydroxylation sites is 2. The average Bonchev–Trinajstić information content (AvgIpc) is 3.37. The molecule has 2 heterocycles. The molecule has 0 saturated carbocycles. The number of sulfonamides is 1. The van der Waals surface area contributed by atoms with Crippen molar-refractivity contribution in [2.75, 3.05) is 25.4 Å². The highest BCUT2D eigenvalue weighted by atomic mass is 32.2. The third-order valence-corrected chi connectivity index (χ3v) is 9.29. The Labute approximate surface area is 228 Å². The Morgan fingerprint density at radius 3 is 2.46 bits per heavy atom. The summed E-state index contributed by atoms with van der Waals surface area (Å²) in [6.07, 6.45) is 3.89. The number of phenols is 1. The van der Waals surface area contributed by atoms with E-state index in [1.165, 1.54) is 6.07 Å². The largest absolute Gasteiger partial charge is 0.504 e. The molecule has 1 aliphatic heterocycles. The number of amides is 1. The molecule has 0 bridgehead atoms. The molecule has 4 N–H and O–H groups in total. The number of aromatic nitrogens is 1. The summed E-state index contributed by atoms with van der Waals surface area (Å²) in [5.74, 6) is 0.195. The summed E-state index contributed by atoms with van der Waals surface area (Å²) in [4.78, 5) is 15.2. The maximum atomic E-state index is 13.0. The second-order valence-electron chi connectivity index (χ2n) is 9.97. The van der Waals surface area contributed by atoms with Gasteiger partial charge in [0.25, 0.3) is 0 Å². The fraction of sp³-hybridized carbons (Fsp3) is 0.300. The lowest BCUT2D eigenvalue weighted by atomic mass is 9.88. The Morgan fingerprint density at radius 1 is 1.03 bits per heavy atom. The number of ether oxygens (including phenoxy) is 1. The van der Waals surface area contributed by atoms with Crippen molar-refractivity contribution in [3.05, 3.63) is 84.1 Å². The number of aromatic amines is 1. The summed E-state index contributed by atoms with van der Waals surface area (Å²) in [5.41, 5.74) is 10.5. The maximum Gasteiger partial charge on any atom is 0.221 e. The minimum absolute atomic E-state index is 0.00470. The molecule has 5 rings (SSSR count).